The molecule has 1 N–H and O–H groups in total. The molecule has 7 heteroatoms. The lowest BCUT2D eigenvalue weighted by atomic mass is 10.1. The maximum absolute atomic E-state index is 12.8. The molecule has 0 aliphatic rings. The van der Waals surface area contributed by atoms with Gasteiger partial charge in [-0.15, -0.1) is 10.2 Å². The van der Waals surface area contributed by atoms with Gasteiger partial charge in [-0.05, 0) is 95.9 Å². The highest BCUT2D eigenvalue weighted by Gasteiger charge is 2.14. The Labute approximate surface area is 199 Å². The number of hydrogen-bond donors (Lipinski definition) is 1. The Kier molecular flexibility index (Phi) is 6.57. The zero-order valence-corrected chi connectivity index (χ0v) is 20.2. The molecule has 0 unspecified atom stereocenters. The Balaban J connectivity index is 1.60. The van der Waals surface area contributed by atoms with Crippen molar-refractivity contribution in [1.29, 1.82) is 0 Å². The van der Waals surface area contributed by atoms with Crippen LogP contribution in [0.3, 0.4) is 0 Å². The van der Waals surface area contributed by atoms with Gasteiger partial charge in [0.1, 0.15) is 11.0 Å². The molecule has 0 spiro atoms. The monoisotopic (exact) mass is 544 g/mol. The first-order valence-electron chi connectivity index (χ1n) is 10.2. The average molecular weight is 545 g/mol. The number of benzene rings is 3. The van der Waals surface area contributed by atoms with Gasteiger partial charge in [0, 0.05) is 9.26 Å². The van der Waals surface area contributed by atoms with E-state index in [-0.39, 0.29) is 5.91 Å². The molecule has 0 saturated carbocycles. The fraction of sp³-hybridized carbons (Fsp3) is 0.208. The predicted octanol–water partition coefficient (Wildman–Crippen LogP) is 6.58. The first kappa shape index (κ1) is 21.8. The molecule has 1 amide bonds. The molecule has 0 saturated heterocycles. The number of amides is 1. The minimum absolute atomic E-state index is 0.249. The summed E-state index contributed by atoms with van der Waals surface area (Å²) in [6.07, 6.45) is 3.45. The van der Waals surface area contributed by atoms with Gasteiger partial charge >= 0.3 is 0 Å². The Bertz CT molecular complexity index is 1250. The number of carbonyl (C=O) groups is 1. The summed E-state index contributed by atoms with van der Waals surface area (Å²) in [5.74, 6) is -0.249. The zero-order valence-electron chi connectivity index (χ0n) is 17.3. The van der Waals surface area contributed by atoms with Gasteiger partial charge in [0.15, 0.2) is 0 Å². The van der Waals surface area contributed by atoms with Crippen LogP contribution in [-0.4, -0.2) is 20.9 Å². The van der Waals surface area contributed by atoms with Crippen molar-refractivity contribution in [1.82, 2.24) is 15.0 Å². The quantitative estimate of drug-likeness (QED) is 0.279. The van der Waals surface area contributed by atoms with Crippen molar-refractivity contribution in [3.8, 4) is 5.69 Å². The van der Waals surface area contributed by atoms with E-state index in [0.29, 0.717) is 21.8 Å². The van der Waals surface area contributed by atoms with Crippen LogP contribution in [0.1, 0.15) is 41.3 Å². The molecule has 4 rings (SSSR count). The van der Waals surface area contributed by atoms with Crippen molar-refractivity contribution < 1.29 is 4.79 Å². The highest BCUT2D eigenvalue weighted by Crippen LogP contribution is 2.25. The Morgan fingerprint density at radius 2 is 1.77 bits per heavy atom. The van der Waals surface area contributed by atoms with E-state index in [2.05, 4.69) is 57.2 Å². The molecule has 0 bridgehead atoms. The molecule has 1 aromatic heterocycles. The van der Waals surface area contributed by atoms with Crippen LogP contribution in [0.2, 0.25) is 5.02 Å². The van der Waals surface area contributed by atoms with E-state index in [0.717, 1.165) is 26.8 Å². The van der Waals surface area contributed by atoms with Crippen LogP contribution in [0.5, 0.6) is 0 Å². The smallest absolute Gasteiger partial charge is 0.257 e. The number of nitrogens with zero attached hydrogens (tertiary/aromatic N) is 3. The van der Waals surface area contributed by atoms with Crippen LogP contribution in [0.4, 0.5) is 5.69 Å². The normalized spacial score (nSPS) is 11.1. The van der Waals surface area contributed by atoms with Gasteiger partial charge in [0.05, 0.1) is 16.3 Å². The first-order chi connectivity index (χ1) is 14.9. The number of unbranched alkanes of at least 4 members (excludes halogenated alkanes) is 1. The second-order valence-electron chi connectivity index (χ2n) is 7.49. The summed E-state index contributed by atoms with van der Waals surface area (Å²) in [6.45, 7) is 4.13. The second-order valence-corrected chi connectivity index (χ2v) is 9.15. The van der Waals surface area contributed by atoms with E-state index in [1.54, 1.807) is 16.9 Å². The van der Waals surface area contributed by atoms with Crippen molar-refractivity contribution in [2.75, 3.05) is 5.32 Å². The number of hydrogen-bond acceptors (Lipinski definition) is 3. The first-order valence-corrected chi connectivity index (χ1v) is 11.6. The van der Waals surface area contributed by atoms with Crippen LogP contribution in [0.15, 0.2) is 54.6 Å². The van der Waals surface area contributed by atoms with Crippen molar-refractivity contribution in [3.63, 3.8) is 0 Å². The Hall–Kier alpha value is -2.45. The van der Waals surface area contributed by atoms with Crippen LogP contribution in [0, 0.1) is 10.5 Å². The van der Waals surface area contributed by atoms with Gasteiger partial charge in [-0.3, -0.25) is 4.79 Å². The summed E-state index contributed by atoms with van der Waals surface area (Å²) < 4.78 is 0.947. The maximum atomic E-state index is 12.8. The predicted molar refractivity (Wildman–Crippen MR) is 134 cm³/mol. The average Bonchev–Trinajstić information content (AvgIpc) is 3.17. The fourth-order valence-electron chi connectivity index (χ4n) is 3.36. The van der Waals surface area contributed by atoms with Crippen LogP contribution < -0.4 is 5.32 Å². The number of anilines is 1. The SMILES string of the molecule is CCCCc1ccc(-n2nc3cc(C)c(NC(=O)c4cc(I)ccc4Cl)cc3n2)cc1. The van der Waals surface area contributed by atoms with Gasteiger partial charge in [0.2, 0.25) is 0 Å². The van der Waals surface area contributed by atoms with E-state index in [1.165, 1.54) is 18.4 Å². The number of nitrogens with one attached hydrogen (secondary N) is 1. The van der Waals surface area contributed by atoms with Crippen molar-refractivity contribution >= 4 is 56.8 Å². The molecule has 5 nitrogen and oxygen atoms in total. The Morgan fingerprint density at radius 1 is 1.06 bits per heavy atom. The minimum atomic E-state index is -0.249. The number of carbonyl (C=O) groups excluding carboxylic acids is 1. The summed E-state index contributed by atoms with van der Waals surface area (Å²) in [4.78, 5) is 14.4. The van der Waals surface area contributed by atoms with Crippen molar-refractivity contribution in [2.24, 2.45) is 0 Å². The second kappa shape index (κ2) is 9.36. The summed E-state index contributed by atoms with van der Waals surface area (Å²) in [5.41, 5.74) is 5.75. The standard InChI is InChI=1S/C24H22ClIN4O/c1-3-4-5-16-6-9-18(10-7-16)30-28-22-12-15(2)21(14-23(22)29-30)27-24(31)19-13-17(26)8-11-20(19)25/h6-14H,3-5H2,1-2H3,(H,27,31). The molecule has 3 aromatic carbocycles. The van der Waals surface area contributed by atoms with Gasteiger partial charge in [-0.2, -0.15) is 4.80 Å². The number of aromatic nitrogens is 3. The molecule has 0 fully saturated rings. The van der Waals surface area contributed by atoms with E-state index in [9.17, 15) is 4.79 Å². The number of rotatable bonds is 6. The minimum Gasteiger partial charge on any atom is -0.322 e. The lowest BCUT2D eigenvalue weighted by molar-refractivity contribution is 0.102. The molecule has 0 atom stereocenters. The molecule has 31 heavy (non-hydrogen) atoms. The van der Waals surface area contributed by atoms with Crippen molar-refractivity contribution in [3.05, 3.63) is 79.9 Å². The number of aryl methyl sites for hydroxylation is 2. The summed E-state index contributed by atoms with van der Waals surface area (Å²) in [7, 11) is 0. The Morgan fingerprint density at radius 3 is 2.48 bits per heavy atom. The van der Waals surface area contributed by atoms with Crippen molar-refractivity contribution in [2.45, 2.75) is 33.1 Å². The van der Waals surface area contributed by atoms with Crippen LogP contribution in [-0.2, 0) is 6.42 Å². The fourth-order valence-corrected chi connectivity index (χ4v) is 4.05. The summed E-state index contributed by atoms with van der Waals surface area (Å²) >= 11 is 8.37. The van der Waals surface area contributed by atoms with Gasteiger partial charge in [0.25, 0.3) is 5.91 Å². The van der Waals surface area contributed by atoms with Gasteiger partial charge in [-0.25, -0.2) is 0 Å². The number of halogens is 2. The molecule has 0 aliphatic heterocycles. The molecule has 158 valence electrons. The van der Waals surface area contributed by atoms with Gasteiger partial charge in [-0.1, -0.05) is 37.1 Å². The maximum Gasteiger partial charge on any atom is 0.257 e. The van der Waals surface area contributed by atoms with Crippen LogP contribution in [0.25, 0.3) is 16.7 Å². The van der Waals surface area contributed by atoms with E-state index in [1.807, 2.05) is 37.3 Å². The third-order valence-corrected chi connectivity index (χ3v) is 6.13. The van der Waals surface area contributed by atoms with Crippen LogP contribution >= 0.6 is 34.2 Å². The largest absolute Gasteiger partial charge is 0.322 e. The molecule has 0 aliphatic carbocycles. The summed E-state index contributed by atoms with van der Waals surface area (Å²) in [5, 5.41) is 12.6. The molecular weight excluding hydrogens is 523 g/mol. The molecule has 1 heterocycles. The lowest BCUT2D eigenvalue weighted by Crippen LogP contribution is -2.13. The molecule has 4 aromatic rings. The molecular formula is C24H22ClIN4O. The van der Waals surface area contributed by atoms with E-state index in [4.69, 9.17) is 11.6 Å². The summed E-state index contributed by atoms with van der Waals surface area (Å²) in [6, 6.07) is 17.5. The third-order valence-electron chi connectivity index (χ3n) is 5.13. The third kappa shape index (κ3) is 4.91. The van der Waals surface area contributed by atoms with E-state index >= 15 is 0 Å². The van der Waals surface area contributed by atoms with E-state index < -0.39 is 0 Å². The lowest BCUT2D eigenvalue weighted by Gasteiger charge is -2.09. The number of fused-ring (bicyclic) bond motifs is 1. The zero-order chi connectivity index (χ0) is 22.0. The molecule has 0 radical (unpaired) electrons. The highest BCUT2D eigenvalue weighted by molar-refractivity contribution is 14.1. The van der Waals surface area contributed by atoms with Gasteiger partial charge < -0.3 is 5.32 Å². The topological polar surface area (TPSA) is 59.8 Å². The highest BCUT2D eigenvalue weighted by atomic mass is 127.